The molecule has 0 aliphatic rings. The van der Waals surface area contributed by atoms with E-state index in [1.807, 2.05) is 0 Å². The summed E-state index contributed by atoms with van der Waals surface area (Å²) in [7, 11) is 0. The quantitative estimate of drug-likeness (QED) is 0.904. The Morgan fingerprint density at radius 2 is 2.26 bits per heavy atom. The van der Waals surface area contributed by atoms with Crippen molar-refractivity contribution in [1.29, 1.82) is 0 Å². The Kier molecular flexibility index (Phi) is 4.23. The molecule has 100 valence electrons. The fourth-order valence-electron chi connectivity index (χ4n) is 1.32. The minimum absolute atomic E-state index is 0.00715. The van der Waals surface area contributed by atoms with Gasteiger partial charge in [-0.15, -0.1) is 10.2 Å². The van der Waals surface area contributed by atoms with E-state index in [-0.39, 0.29) is 28.4 Å². The Hall–Kier alpha value is -1.80. The molecule has 0 saturated carbocycles. The molecule has 2 rings (SSSR count). The summed E-state index contributed by atoms with van der Waals surface area (Å²) in [6, 6.07) is 4.68. The largest absolute Gasteiger partial charge is 0.480 e. The summed E-state index contributed by atoms with van der Waals surface area (Å²) < 4.78 is 24.0. The first-order valence-electron chi connectivity index (χ1n) is 5.14. The van der Waals surface area contributed by atoms with Crippen LogP contribution in [-0.2, 0) is 16.1 Å². The zero-order valence-corrected chi connectivity index (χ0v) is 11.1. The number of carbonyl (C=O) groups is 1. The molecule has 1 aromatic carbocycles. The third-order valence-electron chi connectivity index (χ3n) is 2.10. The smallest absolute Gasteiger partial charge is 0.329 e. The van der Waals surface area contributed by atoms with Gasteiger partial charge in [-0.1, -0.05) is 6.07 Å². The third-order valence-corrected chi connectivity index (χ3v) is 2.71. The Bertz CT molecular complexity index is 602. The molecule has 0 fully saturated rings. The topological polar surface area (TPSA) is 85.5 Å². The van der Waals surface area contributed by atoms with Gasteiger partial charge in [-0.2, -0.15) is 0 Å². The van der Waals surface area contributed by atoms with Gasteiger partial charge >= 0.3 is 5.97 Å². The molecule has 0 atom stereocenters. The maximum absolute atomic E-state index is 13.8. The lowest BCUT2D eigenvalue weighted by atomic mass is 10.2. The van der Waals surface area contributed by atoms with E-state index in [9.17, 15) is 9.18 Å². The molecular formula is C11H8BrFN2O4. The fraction of sp³-hybridized carbons (Fsp3) is 0.182. The zero-order valence-electron chi connectivity index (χ0n) is 9.47. The van der Waals surface area contributed by atoms with E-state index >= 15 is 0 Å². The first kappa shape index (κ1) is 13.6. The Morgan fingerprint density at radius 3 is 3.00 bits per heavy atom. The lowest BCUT2D eigenvalue weighted by Gasteiger charge is -1.99. The SMILES string of the molecule is O=C(O)COCc1nnc(-c2cccc(Br)c2F)o1. The number of nitrogens with zero attached hydrogens (tertiary/aromatic N) is 2. The van der Waals surface area contributed by atoms with Crippen LogP contribution in [-0.4, -0.2) is 27.9 Å². The van der Waals surface area contributed by atoms with Gasteiger partial charge in [0.05, 0.1) is 10.0 Å². The van der Waals surface area contributed by atoms with Crippen LogP contribution < -0.4 is 0 Å². The van der Waals surface area contributed by atoms with Crippen LogP contribution in [0.1, 0.15) is 5.89 Å². The monoisotopic (exact) mass is 330 g/mol. The van der Waals surface area contributed by atoms with Gasteiger partial charge in [0.15, 0.2) is 0 Å². The van der Waals surface area contributed by atoms with E-state index in [2.05, 4.69) is 26.1 Å². The van der Waals surface area contributed by atoms with Gasteiger partial charge < -0.3 is 14.3 Å². The van der Waals surface area contributed by atoms with Crippen LogP contribution in [0.5, 0.6) is 0 Å². The minimum Gasteiger partial charge on any atom is -0.480 e. The summed E-state index contributed by atoms with van der Waals surface area (Å²) in [4.78, 5) is 10.3. The Morgan fingerprint density at radius 1 is 1.47 bits per heavy atom. The first-order valence-corrected chi connectivity index (χ1v) is 5.93. The lowest BCUT2D eigenvalue weighted by molar-refractivity contribution is -0.142. The second-order valence-corrected chi connectivity index (χ2v) is 4.34. The van der Waals surface area contributed by atoms with Gasteiger partial charge in [0.1, 0.15) is 19.0 Å². The number of aromatic nitrogens is 2. The molecule has 1 heterocycles. The van der Waals surface area contributed by atoms with Gasteiger partial charge in [-0.3, -0.25) is 0 Å². The van der Waals surface area contributed by atoms with Crippen molar-refractivity contribution >= 4 is 21.9 Å². The number of carboxylic acids is 1. The molecule has 0 saturated heterocycles. The second-order valence-electron chi connectivity index (χ2n) is 3.49. The highest BCUT2D eigenvalue weighted by Crippen LogP contribution is 2.26. The van der Waals surface area contributed by atoms with Crippen molar-refractivity contribution in [3.8, 4) is 11.5 Å². The van der Waals surface area contributed by atoms with Crippen LogP contribution in [0.4, 0.5) is 4.39 Å². The second kappa shape index (κ2) is 5.89. The molecule has 1 N–H and O–H groups in total. The molecule has 0 aliphatic carbocycles. The molecule has 8 heteroatoms. The predicted octanol–water partition coefficient (Wildman–Crippen LogP) is 2.24. The molecule has 0 amide bonds. The number of carboxylic acid groups (broad SMARTS) is 1. The van der Waals surface area contributed by atoms with Crippen molar-refractivity contribution in [3.05, 3.63) is 34.4 Å². The average Bonchev–Trinajstić information content (AvgIpc) is 2.81. The summed E-state index contributed by atoms with van der Waals surface area (Å²) in [6.45, 7) is -0.613. The third kappa shape index (κ3) is 3.36. The van der Waals surface area contributed by atoms with Crippen LogP contribution >= 0.6 is 15.9 Å². The number of halogens is 2. The molecule has 0 radical (unpaired) electrons. The van der Waals surface area contributed by atoms with Crippen LogP contribution in [0, 0.1) is 5.82 Å². The predicted molar refractivity (Wildman–Crippen MR) is 64.7 cm³/mol. The van der Waals surface area contributed by atoms with Crippen molar-refractivity contribution < 1.29 is 23.4 Å². The minimum atomic E-state index is -1.10. The van der Waals surface area contributed by atoms with Crippen molar-refractivity contribution in [3.63, 3.8) is 0 Å². The average molecular weight is 331 g/mol. The standard InChI is InChI=1S/C11H8BrFN2O4/c12-7-3-1-2-6(10(7)13)11-15-14-8(19-11)4-18-5-9(16)17/h1-3H,4-5H2,(H,16,17). The maximum Gasteiger partial charge on any atom is 0.329 e. The molecule has 0 unspecified atom stereocenters. The van der Waals surface area contributed by atoms with Gasteiger partial charge in [-0.05, 0) is 28.1 Å². The van der Waals surface area contributed by atoms with E-state index in [1.54, 1.807) is 12.1 Å². The normalized spacial score (nSPS) is 10.6. The molecule has 19 heavy (non-hydrogen) atoms. The highest BCUT2D eigenvalue weighted by molar-refractivity contribution is 9.10. The summed E-state index contributed by atoms with van der Waals surface area (Å²) in [5.41, 5.74) is 0.159. The molecule has 0 aliphatic heterocycles. The van der Waals surface area contributed by atoms with Crippen LogP contribution in [0.3, 0.4) is 0 Å². The van der Waals surface area contributed by atoms with Crippen LogP contribution in [0.2, 0.25) is 0 Å². The van der Waals surface area contributed by atoms with Gasteiger partial charge in [0.2, 0.25) is 5.89 Å². The maximum atomic E-state index is 13.8. The van der Waals surface area contributed by atoms with Crippen molar-refractivity contribution in [1.82, 2.24) is 10.2 Å². The van der Waals surface area contributed by atoms with E-state index < -0.39 is 18.4 Å². The summed E-state index contributed by atoms with van der Waals surface area (Å²) in [6.07, 6.45) is 0. The Labute approximate surface area is 115 Å². The summed E-state index contributed by atoms with van der Waals surface area (Å²) in [5.74, 6) is -1.52. The molecule has 1 aromatic heterocycles. The number of ether oxygens (including phenoxy) is 1. The molecule has 2 aromatic rings. The van der Waals surface area contributed by atoms with Gasteiger partial charge in [0, 0.05) is 0 Å². The van der Waals surface area contributed by atoms with Crippen LogP contribution in [0.15, 0.2) is 27.1 Å². The molecule has 0 spiro atoms. The van der Waals surface area contributed by atoms with E-state index in [0.717, 1.165) is 0 Å². The number of aliphatic carboxylic acids is 1. The van der Waals surface area contributed by atoms with Gasteiger partial charge in [-0.25, -0.2) is 9.18 Å². The summed E-state index contributed by atoms with van der Waals surface area (Å²) in [5, 5.41) is 15.7. The van der Waals surface area contributed by atoms with E-state index in [0.29, 0.717) is 0 Å². The number of hydrogen-bond donors (Lipinski definition) is 1. The number of rotatable bonds is 5. The Balaban J connectivity index is 2.12. The number of hydrogen-bond acceptors (Lipinski definition) is 5. The summed E-state index contributed by atoms with van der Waals surface area (Å²) >= 11 is 3.05. The van der Waals surface area contributed by atoms with Gasteiger partial charge in [0.25, 0.3) is 5.89 Å². The molecule has 6 nitrogen and oxygen atoms in total. The van der Waals surface area contributed by atoms with E-state index in [4.69, 9.17) is 14.3 Å². The zero-order chi connectivity index (χ0) is 13.8. The lowest BCUT2D eigenvalue weighted by Crippen LogP contribution is -2.06. The highest BCUT2D eigenvalue weighted by atomic mass is 79.9. The van der Waals surface area contributed by atoms with Crippen molar-refractivity contribution in [2.24, 2.45) is 0 Å². The number of benzene rings is 1. The van der Waals surface area contributed by atoms with Crippen LogP contribution in [0.25, 0.3) is 11.5 Å². The van der Waals surface area contributed by atoms with E-state index in [1.165, 1.54) is 6.07 Å². The van der Waals surface area contributed by atoms with Crippen molar-refractivity contribution in [2.75, 3.05) is 6.61 Å². The first-order chi connectivity index (χ1) is 9.08. The highest BCUT2D eigenvalue weighted by Gasteiger charge is 2.15. The molecular weight excluding hydrogens is 323 g/mol. The van der Waals surface area contributed by atoms with Crippen molar-refractivity contribution in [2.45, 2.75) is 6.61 Å². The fourth-order valence-corrected chi connectivity index (χ4v) is 1.68. The molecule has 0 bridgehead atoms.